The second kappa shape index (κ2) is 6.42. The molecule has 3 fully saturated rings. The van der Waals surface area contributed by atoms with Gasteiger partial charge in [0, 0.05) is 44.2 Å². The van der Waals surface area contributed by atoms with Crippen molar-refractivity contribution in [2.24, 2.45) is 5.92 Å². The Labute approximate surface area is 158 Å². The zero-order valence-electron chi connectivity index (χ0n) is 15.2. The monoisotopic (exact) mass is 368 g/mol. The minimum atomic E-state index is -0.545. The van der Waals surface area contributed by atoms with E-state index in [1.54, 1.807) is 4.90 Å². The van der Waals surface area contributed by atoms with Crippen molar-refractivity contribution in [3.8, 4) is 0 Å². The highest BCUT2D eigenvalue weighted by molar-refractivity contribution is 6.05. The lowest BCUT2D eigenvalue weighted by Crippen LogP contribution is -2.62. The normalized spacial score (nSPS) is 30.6. The SMILES string of the molecule is O=C1CCC(N2Cc3ccc(CN4C[C@@H]5CNCC[C@@H]54)cc3C2=O)C(=O)N1. The van der Waals surface area contributed by atoms with Crippen LogP contribution in [0.2, 0.25) is 0 Å². The topological polar surface area (TPSA) is 81.8 Å². The molecule has 1 aromatic carbocycles. The third-order valence-electron chi connectivity index (χ3n) is 6.48. The Morgan fingerprint density at radius 2 is 2.04 bits per heavy atom. The molecule has 4 aliphatic heterocycles. The zero-order chi connectivity index (χ0) is 18.5. The number of hydrogen-bond acceptors (Lipinski definition) is 5. The number of nitrogens with zero attached hydrogens (tertiary/aromatic N) is 2. The number of rotatable bonds is 3. The van der Waals surface area contributed by atoms with Gasteiger partial charge in [0.25, 0.3) is 5.91 Å². The minimum Gasteiger partial charge on any atom is -0.322 e. The fourth-order valence-corrected chi connectivity index (χ4v) is 4.99. The summed E-state index contributed by atoms with van der Waals surface area (Å²) in [7, 11) is 0. The van der Waals surface area contributed by atoms with Gasteiger partial charge in [-0.05, 0) is 42.5 Å². The lowest BCUT2D eigenvalue weighted by Gasteiger charge is -2.51. The number of likely N-dealkylation sites (tertiary alicyclic amines) is 1. The third-order valence-corrected chi connectivity index (χ3v) is 6.48. The van der Waals surface area contributed by atoms with Crippen LogP contribution in [-0.2, 0) is 22.7 Å². The molecule has 0 spiro atoms. The largest absolute Gasteiger partial charge is 0.322 e. The maximum Gasteiger partial charge on any atom is 0.255 e. The Hall–Kier alpha value is -2.25. The molecular weight excluding hydrogens is 344 g/mol. The smallest absolute Gasteiger partial charge is 0.255 e. The Morgan fingerprint density at radius 1 is 1.15 bits per heavy atom. The van der Waals surface area contributed by atoms with Crippen molar-refractivity contribution >= 4 is 17.7 Å². The molecule has 3 amide bonds. The van der Waals surface area contributed by atoms with Crippen molar-refractivity contribution in [2.45, 2.75) is 44.4 Å². The highest BCUT2D eigenvalue weighted by Gasteiger charge is 2.41. The molecule has 0 aromatic heterocycles. The van der Waals surface area contributed by atoms with Gasteiger partial charge in [-0.25, -0.2) is 0 Å². The molecule has 1 aromatic rings. The van der Waals surface area contributed by atoms with Gasteiger partial charge < -0.3 is 10.2 Å². The maximum absolute atomic E-state index is 12.9. The van der Waals surface area contributed by atoms with Gasteiger partial charge in [0.2, 0.25) is 11.8 Å². The summed E-state index contributed by atoms with van der Waals surface area (Å²) in [5.41, 5.74) is 2.83. The van der Waals surface area contributed by atoms with Crippen molar-refractivity contribution < 1.29 is 14.4 Å². The highest BCUT2D eigenvalue weighted by Crippen LogP contribution is 2.32. The van der Waals surface area contributed by atoms with E-state index < -0.39 is 6.04 Å². The fraction of sp³-hybridized carbons (Fsp3) is 0.550. The summed E-state index contributed by atoms with van der Waals surface area (Å²) < 4.78 is 0. The molecule has 5 rings (SSSR count). The van der Waals surface area contributed by atoms with Crippen molar-refractivity contribution in [3.05, 3.63) is 34.9 Å². The van der Waals surface area contributed by atoms with Crippen LogP contribution in [0.15, 0.2) is 18.2 Å². The molecule has 0 bridgehead atoms. The average molecular weight is 368 g/mol. The molecule has 3 saturated heterocycles. The van der Waals surface area contributed by atoms with Gasteiger partial charge in [-0.1, -0.05) is 12.1 Å². The molecular formula is C20H24N4O3. The number of carbonyl (C=O) groups is 3. The summed E-state index contributed by atoms with van der Waals surface area (Å²) in [6.07, 6.45) is 1.88. The number of fused-ring (bicyclic) bond motifs is 2. The van der Waals surface area contributed by atoms with E-state index in [2.05, 4.69) is 21.6 Å². The first kappa shape index (κ1) is 16.9. The lowest BCUT2D eigenvalue weighted by atomic mass is 9.83. The fourth-order valence-electron chi connectivity index (χ4n) is 4.99. The van der Waals surface area contributed by atoms with Crippen LogP contribution in [0.1, 0.15) is 40.7 Å². The van der Waals surface area contributed by atoms with E-state index in [9.17, 15) is 14.4 Å². The van der Waals surface area contributed by atoms with Crippen LogP contribution in [0.3, 0.4) is 0 Å². The second-order valence-corrected chi connectivity index (χ2v) is 8.14. The molecule has 1 unspecified atom stereocenters. The first-order valence-electron chi connectivity index (χ1n) is 9.81. The van der Waals surface area contributed by atoms with Gasteiger partial charge >= 0.3 is 0 Å². The highest BCUT2D eigenvalue weighted by atomic mass is 16.2. The van der Waals surface area contributed by atoms with E-state index >= 15 is 0 Å². The Morgan fingerprint density at radius 3 is 2.85 bits per heavy atom. The van der Waals surface area contributed by atoms with Crippen LogP contribution in [-0.4, -0.2) is 59.2 Å². The number of amides is 3. The van der Waals surface area contributed by atoms with E-state index in [1.807, 2.05) is 12.1 Å². The molecule has 0 aliphatic carbocycles. The molecule has 4 aliphatic rings. The van der Waals surface area contributed by atoms with Crippen LogP contribution < -0.4 is 10.6 Å². The van der Waals surface area contributed by atoms with E-state index in [0.717, 1.165) is 43.2 Å². The molecule has 2 N–H and O–H groups in total. The van der Waals surface area contributed by atoms with Gasteiger partial charge in [-0.15, -0.1) is 0 Å². The number of carbonyl (C=O) groups excluding carboxylic acids is 3. The van der Waals surface area contributed by atoms with Crippen molar-refractivity contribution in [3.63, 3.8) is 0 Å². The third kappa shape index (κ3) is 2.85. The predicted molar refractivity (Wildman–Crippen MR) is 97.7 cm³/mol. The number of piperidine rings is 2. The molecule has 0 radical (unpaired) electrons. The first-order valence-corrected chi connectivity index (χ1v) is 9.81. The van der Waals surface area contributed by atoms with Gasteiger partial charge in [-0.3, -0.25) is 24.6 Å². The number of nitrogens with one attached hydrogen (secondary N) is 2. The van der Waals surface area contributed by atoms with Crippen LogP contribution in [0, 0.1) is 5.92 Å². The van der Waals surface area contributed by atoms with Crippen molar-refractivity contribution in [2.75, 3.05) is 19.6 Å². The summed E-state index contributed by atoms with van der Waals surface area (Å²) >= 11 is 0. The summed E-state index contributed by atoms with van der Waals surface area (Å²) in [6, 6.07) is 6.24. The molecule has 7 nitrogen and oxygen atoms in total. The number of benzene rings is 1. The predicted octanol–water partition coefficient (Wildman–Crippen LogP) is 0.241. The van der Waals surface area contributed by atoms with Gasteiger partial charge in [-0.2, -0.15) is 0 Å². The zero-order valence-corrected chi connectivity index (χ0v) is 15.2. The van der Waals surface area contributed by atoms with Gasteiger partial charge in [0.05, 0.1) is 0 Å². The van der Waals surface area contributed by atoms with Crippen molar-refractivity contribution in [1.82, 2.24) is 20.4 Å². The summed E-state index contributed by atoms with van der Waals surface area (Å²) in [4.78, 5) is 40.5. The number of hydrogen-bond donors (Lipinski definition) is 2. The van der Waals surface area contributed by atoms with E-state index in [4.69, 9.17) is 0 Å². The van der Waals surface area contributed by atoms with Crippen LogP contribution >= 0.6 is 0 Å². The number of imide groups is 1. The van der Waals surface area contributed by atoms with Gasteiger partial charge in [0.1, 0.15) is 6.04 Å². The van der Waals surface area contributed by atoms with E-state index in [1.165, 1.54) is 6.42 Å². The lowest BCUT2D eigenvalue weighted by molar-refractivity contribution is -0.136. The summed E-state index contributed by atoms with van der Waals surface area (Å²) in [5, 5.41) is 5.80. The van der Waals surface area contributed by atoms with Crippen LogP contribution in [0.5, 0.6) is 0 Å². The van der Waals surface area contributed by atoms with E-state index in [-0.39, 0.29) is 24.1 Å². The van der Waals surface area contributed by atoms with Crippen LogP contribution in [0.25, 0.3) is 0 Å². The molecule has 7 heteroatoms. The molecule has 27 heavy (non-hydrogen) atoms. The van der Waals surface area contributed by atoms with Gasteiger partial charge in [0.15, 0.2) is 0 Å². The molecule has 142 valence electrons. The molecule has 4 heterocycles. The second-order valence-electron chi connectivity index (χ2n) is 8.14. The maximum atomic E-state index is 12.9. The minimum absolute atomic E-state index is 0.0929. The quantitative estimate of drug-likeness (QED) is 0.747. The Balaban J connectivity index is 1.30. The average Bonchev–Trinajstić information content (AvgIpc) is 2.96. The van der Waals surface area contributed by atoms with E-state index in [0.29, 0.717) is 24.6 Å². The Bertz CT molecular complexity index is 823. The van der Waals surface area contributed by atoms with Crippen LogP contribution in [0.4, 0.5) is 0 Å². The summed E-state index contributed by atoms with van der Waals surface area (Å²) in [5.74, 6) is 0.0566. The first-order chi connectivity index (χ1) is 13.1. The molecule has 3 atom stereocenters. The standard InChI is InChI=1S/C20H24N4O3/c25-18-4-3-17(19(26)22-18)24-11-13-2-1-12(7-15(13)20(24)27)9-23-10-14-8-21-6-5-16(14)23/h1-2,7,14,16-17,21H,3-6,8-11H2,(H,22,25,26)/t14-,16-,17?/m0/s1. The Kier molecular flexibility index (Phi) is 4.02. The summed E-state index contributed by atoms with van der Waals surface area (Å²) in [6.45, 7) is 4.64. The molecule has 0 saturated carbocycles. The van der Waals surface area contributed by atoms with Crippen molar-refractivity contribution in [1.29, 1.82) is 0 Å².